The Hall–Kier alpha value is -2.37. The number of methoxy groups -OCH3 is 1. The second-order valence-corrected chi connectivity index (χ2v) is 3.74. The molecular formula is C12H13FN4O. The molecule has 0 atom stereocenters. The van der Waals surface area contributed by atoms with Crippen LogP contribution in [0.2, 0.25) is 0 Å². The molecule has 1 aromatic heterocycles. The van der Waals surface area contributed by atoms with Gasteiger partial charge in [-0.3, -0.25) is 5.41 Å². The van der Waals surface area contributed by atoms with Crippen molar-refractivity contribution in [2.45, 2.75) is 6.42 Å². The summed E-state index contributed by atoms with van der Waals surface area (Å²) in [6.45, 7) is 0. The van der Waals surface area contributed by atoms with Crippen LogP contribution in [0.15, 0.2) is 30.5 Å². The van der Waals surface area contributed by atoms with Crippen molar-refractivity contribution in [3.63, 3.8) is 0 Å². The first-order chi connectivity index (χ1) is 8.61. The molecule has 0 radical (unpaired) electrons. The topological polar surface area (TPSA) is 76.9 Å². The van der Waals surface area contributed by atoms with Crippen LogP contribution in [-0.4, -0.2) is 22.8 Å². The van der Waals surface area contributed by atoms with Crippen molar-refractivity contribution in [2.75, 3.05) is 7.11 Å². The normalized spacial score (nSPS) is 10.3. The van der Waals surface area contributed by atoms with Crippen LogP contribution in [-0.2, 0) is 6.42 Å². The zero-order valence-corrected chi connectivity index (χ0v) is 9.85. The summed E-state index contributed by atoms with van der Waals surface area (Å²) < 4.78 is 19.9. The van der Waals surface area contributed by atoms with Crippen molar-refractivity contribution < 1.29 is 9.13 Å². The molecule has 3 N–H and O–H groups in total. The van der Waals surface area contributed by atoms with Crippen LogP contribution in [0.25, 0.3) is 0 Å². The Bertz CT molecular complexity index is 579. The second-order valence-electron chi connectivity index (χ2n) is 3.74. The van der Waals surface area contributed by atoms with E-state index in [-0.39, 0.29) is 18.2 Å². The molecule has 0 unspecified atom stereocenters. The van der Waals surface area contributed by atoms with E-state index in [4.69, 9.17) is 15.9 Å². The number of ether oxygens (including phenoxy) is 1. The maximum atomic E-state index is 13.5. The third kappa shape index (κ3) is 2.32. The fourth-order valence-corrected chi connectivity index (χ4v) is 1.63. The van der Waals surface area contributed by atoms with Crippen molar-refractivity contribution in [2.24, 2.45) is 5.73 Å². The van der Waals surface area contributed by atoms with Crippen molar-refractivity contribution in [1.82, 2.24) is 9.78 Å². The van der Waals surface area contributed by atoms with Crippen molar-refractivity contribution >= 4 is 5.96 Å². The minimum absolute atomic E-state index is 0.215. The predicted molar refractivity (Wildman–Crippen MR) is 65.3 cm³/mol. The Labute approximate surface area is 103 Å². The molecule has 5 nitrogen and oxygen atoms in total. The Morgan fingerprint density at radius 2 is 2.22 bits per heavy atom. The quantitative estimate of drug-likeness (QED) is 0.636. The molecule has 0 amide bonds. The predicted octanol–water partition coefficient (Wildman–Crippen LogP) is 1.36. The third-order valence-electron chi connectivity index (χ3n) is 2.53. The van der Waals surface area contributed by atoms with Gasteiger partial charge in [-0.15, -0.1) is 0 Å². The molecule has 6 heteroatoms. The van der Waals surface area contributed by atoms with Gasteiger partial charge in [0.15, 0.2) is 5.75 Å². The monoisotopic (exact) mass is 248 g/mol. The molecule has 1 heterocycles. The molecule has 2 aromatic rings. The molecule has 0 saturated carbocycles. The average molecular weight is 248 g/mol. The Morgan fingerprint density at radius 1 is 1.50 bits per heavy atom. The van der Waals surface area contributed by atoms with Crippen molar-refractivity contribution in [3.05, 3.63) is 47.5 Å². The highest BCUT2D eigenvalue weighted by Gasteiger charge is 2.13. The SMILES string of the molecule is COc1cn(C(=N)N)nc1Cc1ccccc1F. The highest BCUT2D eigenvalue weighted by atomic mass is 19.1. The third-order valence-corrected chi connectivity index (χ3v) is 2.53. The Morgan fingerprint density at radius 3 is 2.83 bits per heavy atom. The summed E-state index contributed by atoms with van der Waals surface area (Å²) in [4.78, 5) is 0. The first kappa shape index (κ1) is 12.1. The fraction of sp³-hybridized carbons (Fsp3) is 0.167. The first-order valence-corrected chi connectivity index (χ1v) is 5.32. The largest absolute Gasteiger partial charge is 0.493 e. The standard InChI is InChI=1S/C12H13FN4O/c1-18-11-7-17(12(14)15)16-10(11)6-8-4-2-3-5-9(8)13/h2-5,7H,6H2,1H3,(H3,14,15). The molecule has 18 heavy (non-hydrogen) atoms. The Kier molecular flexibility index (Phi) is 3.27. The van der Waals surface area contributed by atoms with Crippen LogP contribution in [0.1, 0.15) is 11.3 Å². The lowest BCUT2D eigenvalue weighted by Crippen LogP contribution is -2.21. The molecule has 0 bridgehead atoms. The van der Waals surface area contributed by atoms with Gasteiger partial charge in [0.25, 0.3) is 0 Å². The zero-order valence-electron chi connectivity index (χ0n) is 9.85. The van der Waals surface area contributed by atoms with Gasteiger partial charge in [0.1, 0.15) is 11.5 Å². The highest BCUT2D eigenvalue weighted by Crippen LogP contribution is 2.20. The van der Waals surface area contributed by atoms with Gasteiger partial charge >= 0.3 is 0 Å². The van der Waals surface area contributed by atoms with Gasteiger partial charge in [-0.1, -0.05) is 18.2 Å². The lowest BCUT2D eigenvalue weighted by molar-refractivity contribution is 0.410. The molecule has 0 spiro atoms. The number of halogens is 1. The summed E-state index contributed by atoms with van der Waals surface area (Å²) in [6, 6.07) is 6.46. The molecule has 0 aliphatic carbocycles. The lowest BCUT2D eigenvalue weighted by Gasteiger charge is -2.02. The van der Waals surface area contributed by atoms with Gasteiger partial charge in [0.05, 0.1) is 13.3 Å². The van der Waals surface area contributed by atoms with Gasteiger partial charge in [-0.2, -0.15) is 5.10 Å². The highest BCUT2D eigenvalue weighted by molar-refractivity contribution is 5.76. The van der Waals surface area contributed by atoms with E-state index in [0.29, 0.717) is 17.0 Å². The van der Waals surface area contributed by atoms with Crippen LogP contribution in [0.4, 0.5) is 4.39 Å². The van der Waals surface area contributed by atoms with Crippen LogP contribution >= 0.6 is 0 Å². The van der Waals surface area contributed by atoms with E-state index in [1.54, 1.807) is 18.2 Å². The van der Waals surface area contributed by atoms with Gasteiger partial charge in [-0.05, 0) is 11.6 Å². The van der Waals surface area contributed by atoms with E-state index in [1.165, 1.54) is 24.1 Å². The average Bonchev–Trinajstić information content (AvgIpc) is 2.75. The summed E-state index contributed by atoms with van der Waals surface area (Å²) in [5.41, 5.74) is 6.39. The van der Waals surface area contributed by atoms with E-state index in [2.05, 4.69) is 5.10 Å². The summed E-state index contributed by atoms with van der Waals surface area (Å²) in [5.74, 6) is -0.0292. The smallest absolute Gasteiger partial charge is 0.213 e. The molecule has 94 valence electrons. The minimum Gasteiger partial charge on any atom is -0.493 e. The van der Waals surface area contributed by atoms with E-state index in [1.807, 2.05) is 0 Å². The van der Waals surface area contributed by atoms with Crippen LogP contribution < -0.4 is 10.5 Å². The van der Waals surface area contributed by atoms with Gasteiger partial charge in [0.2, 0.25) is 5.96 Å². The lowest BCUT2D eigenvalue weighted by atomic mass is 10.1. The molecule has 1 aromatic carbocycles. The van der Waals surface area contributed by atoms with Crippen LogP contribution in [0.3, 0.4) is 0 Å². The summed E-state index contributed by atoms with van der Waals surface area (Å²) in [7, 11) is 1.49. The van der Waals surface area contributed by atoms with Gasteiger partial charge < -0.3 is 10.5 Å². The van der Waals surface area contributed by atoms with E-state index >= 15 is 0 Å². The zero-order chi connectivity index (χ0) is 13.1. The number of rotatable bonds is 3. The molecule has 0 aliphatic heterocycles. The molecule has 2 rings (SSSR count). The summed E-state index contributed by atoms with van der Waals surface area (Å²) >= 11 is 0. The van der Waals surface area contributed by atoms with Crippen LogP contribution in [0.5, 0.6) is 5.75 Å². The molecule has 0 saturated heterocycles. The number of benzene rings is 1. The van der Waals surface area contributed by atoms with Crippen LogP contribution in [0, 0.1) is 11.2 Å². The number of nitrogens with two attached hydrogens (primary N) is 1. The van der Waals surface area contributed by atoms with E-state index < -0.39 is 0 Å². The number of nitrogens with one attached hydrogen (secondary N) is 1. The van der Waals surface area contributed by atoms with Crippen molar-refractivity contribution in [3.8, 4) is 5.75 Å². The number of nitrogen functional groups attached to an aromatic ring is 1. The van der Waals surface area contributed by atoms with Gasteiger partial charge in [-0.25, -0.2) is 9.07 Å². The second kappa shape index (κ2) is 4.87. The summed E-state index contributed by atoms with van der Waals surface area (Å²) in [6.07, 6.45) is 1.79. The number of nitrogens with zero attached hydrogens (tertiary/aromatic N) is 2. The fourth-order valence-electron chi connectivity index (χ4n) is 1.63. The van der Waals surface area contributed by atoms with Gasteiger partial charge in [0, 0.05) is 6.42 Å². The van der Waals surface area contributed by atoms with E-state index in [0.717, 1.165) is 0 Å². The number of hydrogen-bond acceptors (Lipinski definition) is 3. The number of aromatic nitrogens is 2. The Balaban J connectivity index is 2.34. The maximum Gasteiger partial charge on any atom is 0.213 e. The number of hydrogen-bond donors (Lipinski definition) is 2. The maximum absolute atomic E-state index is 13.5. The van der Waals surface area contributed by atoms with E-state index in [9.17, 15) is 4.39 Å². The molecule has 0 fully saturated rings. The van der Waals surface area contributed by atoms with Crippen molar-refractivity contribution in [1.29, 1.82) is 5.41 Å². The molecular weight excluding hydrogens is 235 g/mol. The molecule has 0 aliphatic rings. The summed E-state index contributed by atoms with van der Waals surface area (Å²) in [5, 5.41) is 11.4. The minimum atomic E-state index is -0.295. The first-order valence-electron chi connectivity index (χ1n) is 5.32.